The van der Waals surface area contributed by atoms with Crippen molar-refractivity contribution in [3.8, 4) is 5.75 Å². The summed E-state index contributed by atoms with van der Waals surface area (Å²) in [5.74, 6) is 0.655. The Kier molecular flexibility index (Phi) is 4.02. The van der Waals surface area contributed by atoms with Gasteiger partial charge in [0.15, 0.2) is 0 Å². The largest absolute Gasteiger partial charge is 0.495 e. The number of rotatable bonds is 3. The van der Waals surface area contributed by atoms with Gasteiger partial charge in [-0.2, -0.15) is 0 Å². The zero-order chi connectivity index (χ0) is 12.3. The normalized spacial score (nSPS) is 20.0. The number of carbonyl (C=O) groups excluding carboxylic acids is 1. The first-order chi connectivity index (χ1) is 8.20. The number of aryl methyl sites for hydroxylation is 1. The standard InChI is InChI=1S/C12H18N2O2S/c1-8-6-10(16-2)11(17-8)12(15)14-9-4-3-5-13-7-9/h6,9,13H,3-5,7H2,1-2H3,(H,14,15)/t9-/m1/s1. The molecule has 5 heteroatoms. The fraction of sp³-hybridized carbons (Fsp3) is 0.583. The van der Waals surface area contributed by atoms with Gasteiger partial charge in [0.1, 0.15) is 10.6 Å². The lowest BCUT2D eigenvalue weighted by Gasteiger charge is -2.23. The molecule has 0 saturated carbocycles. The van der Waals surface area contributed by atoms with Gasteiger partial charge >= 0.3 is 0 Å². The minimum absolute atomic E-state index is 0.0198. The summed E-state index contributed by atoms with van der Waals surface area (Å²) >= 11 is 1.48. The average molecular weight is 254 g/mol. The summed E-state index contributed by atoms with van der Waals surface area (Å²) in [7, 11) is 1.60. The molecule has 0 bridgehead atoms. The van der Waals surface area contributed by atoms with E-state index < -0.39 is 0 Å². The Morgan fingerprint density at radius 1 is 1.65 bits per heavy atom. The Balaban J connectivity index is 2.02. The lowest BCUT2D eigenvalue weighted by atomic mass is 10.1. The predicted molar refractivity (Wildman–Crippen MR) is 69.0 cm³/mol. The van der Waals surface area contributed by atoms with Gasteiger partial charge in [-0.25, -0.2) is 0 Å². The van der Waals surface area contributed by atoms with E-state index in [1.807, 2.05) is 13.0 Å². The summed E-state index contributed by atoms with van der Waals surface area (Å²) in [6.45, 7) is 3.89. The van der Waals surface area contributed by atoms with Crippen molar-refractivity contribution in [2.75, 3.05) is 20.2 Å². The molecule has 2 heterocycles. The van der Waals surface area contributed by atoms with Crippen LogP contribution in [-0.2, 0) is 0 Å². The molecule has 1 aliphatic rings. The number of piperidine rings is 1. The molecule has 1 amide bonds. The predicted octanol–water partition coefficient (Wildman–Crippen LogP) is 1.55. The van der Waals surface area contributed by atoms with Gasteiger partial charge < -0.3 is 15.4 Å². The monoisotopic (exact) mass is 254 g/mol. The summed E-state index contributed by atoms with van der Waals surface area (Å²) in [6, 6.07) is 2.14. The number of thiophene rings is 1. The van der Waals surface area contributed by atoms with Gasteiger partial charge in [-0.05, 0) is 32.4 Å². The zero-order valence-corrected chi connectivity index (χ0v) is 11.0. The van der Waals surface area contributed by atoms with Gasteiger partial charge in [-0.3, -0.25) is 4.79 Å². The highest BCUT2D eigenvalue weighted by molar-refractivity contribution is 7.14. The van der Waals surface area contributed by atoms with Crippen molar-refractivity contribution in [1.82, 2.24) is 10.6 Å². The summed E-state index contributed by atoms with van der Waals surface area (Å²) in [5.41, 5.74) is 0. The molecule has 0 aliphatic carbocycles. The molecule has 1 atom stereocenters. The van der Waals surface area contributed by atoms with E-state index in [0.717, 1.165) is 30.8 Å². The first kappa shape index (κ1) is 12.4. The van der Waals surface area contributed by atoms with Crippen LogP contribution in [0.4, 0.5) is 0 Å². The number of hydrogen-bond acceptors (Lipinski definition) is 4. The van der Waals surface area contributed by atoms with Crippen LogP contribution in [0.25, 0.3) is 0 Å². The number of carbonyl (C=O) groups is 1. The highest BCUT2D eigenvalue weighted by Crippen LogP contribution is 2.28. The molecular formula is C12H18N2O2S. The quantitative estimate of drug-likeness (QED) is 0.860. The number of hydrogen-bond donors (Lipinski definition) is 2. The second kappa shape index (κ2) is 5.51. The van der Waals surface area contributed by atoms with Crippen molar-refractivity contribution in [3.63, 3.8) is 0 Å². The number of methoxy groups -OCH3 is 1. The Morgan fingerprint density at radius 2 is 2.47 bits per heavy atom. The van der Waals surface area contributed by atoms with E-state index >= 15 is 0 Å². The van der Waals surface area contributed by atoms with Gasteiger partial charge in [0.2, 0.25) is 0 Å². The van der Waals surface area contributed by atoms with Crippen LogP contribution < -0.4 is 15.4 Å². The molecule has 0 aromatic carbocycles. The number of ether oxygens (including phenoxy) is 1. The van der Waals surface area contributed by atoms with Gasteiger partial charge in [-0.15, -0.1) is 11.3 Å². The van der Waals surface area contributed by atoms with E-state index in [0.29, 0.717) is 10.6 Å². The van der Waals surface area contributed by atoms with E-state index in [-0.39, 0.29) is 11.9 Å². The zero-order valence-electron chi connectivity index (χ0n) is 10.2. The Bertz CT molecular complexity index is 397. The molecule has 94 valence electrons. The third-order valence-corrected chi connectivity index (χ3v) is 3.91. The average Bonchev–Trinajstić information content (AvgIpc) is 2.72. The van der Waals surface area contributed by atoms with E-state index in [9.17, 15) is 4.79 Å². The van der Waals surface area contributed by atoms with E-state index in [1.54, 1.807) is 7.11 Å². The van der Waals surface area contributed by atoms with Crippen LogP contribution in [0.15, 0.2) is 6.07 Å². The fourth-order valence-electron chi connectivity index (χ4n) is 2.03. The Labute approximate surface area is 105 Å². The second-order valence-electron chi connectivity index (χ2n) is 4.27. The van der Waals surface area contributed by atoms with Gasteiger partial charge in [0.05, 0.1) is 7.11 Å². The fourth-order valence-corrected chi connectivity index (χ4v) is 2.91. The summed E-state index contributed by atoms with van der Waals surface area (Å²) in [6.07, 6.45) is 2.16. The van der Waals surface area contributed by atoms with Gasteiger partial charge in [0, 0.05) is 17.5 Å². The molecule has 2 rings (SSSR count). The highest BCUT2D eigenvalue weighted by atomic mass is 32.1. The van der Waals surface area contributed by atoms with Crippen molar-refractivity contribution < 1.29 is 9.53 Å². The Morgan fingerprint density at radius 3 is 3.12 bits per heavy atom. The van der Waals surface area contributed by atoms with Crippen LogP contribution in [0.2, 0.25) is 0 Å². The molecule has 1 aromatic rings. The lowest BCUT2D eigenvalue weighted by Crippen LogP contribution is -2.45. The molecule has 4 nitrogen and oxygen atoms in total. The number of nitrogens with one attached hydrogen (secondary N) is 2. The minimum atomic E-state index is -0.0198. The van der Waals surface area contributed by atoms with Crippen LogP contribution in [0.1, 0.15) is 27.4 Å². The van der Waals surface area contributed by atoms with Crippen molar-refractivity contribution in [2.45, 2.75) is 25.8 Å². The van der Waals surface area contributed by atoms with Crippen molar-refractivity contribution in [2.24, 2.45) is 0 Å². The Hall–Kier alpha value is -1.07. The smallest absolute Gasteiger partial charge is 0.265 e. The van der Waals surface area contributed by atoms with Crippen LogP contribution in [-0.4, -0.2) is 32.1 Å². The molecule has 0 spiro atoms. The topological polar surface area (TPSA) is 50.4 Å². The molecule has 0 radical (unpaired) electrons. The van der Waals surface area contributed by atoms with E-state index in [4.69, 9.17) is 4.74 Å². The first-order valence-corrected chi connectivity index (χ1v) is 6.68. The first-order valence-electron chi connectivity index (χ1n) is 5.86. The van der Waals surface area contributed by atoms with Crippen molar-refractivity contribution in [3.05, 3.63) is 15.8 Å². The molecule has 17 heavy (non-hydrogen) atoms. The second-order valence-corrected chi connectivity index (χ2v) is 5.53. The highest BCUT2D eigenvalue weighted by Gasteiger charge is 2.20. The van der Waals surface area contributed by atoms with E-state index in [1.165, 1.54) is 11.3 Å². The van der Waals surface area contributed by atoms with Crippen molar-refractivity contribution >= 4 is 17.2 Å². The van der Waals surface area contributed by atoms with Crippen LogP contribution in [0.5, 0.6) is 5.75 Å². The van der Waals surface area contributed by atoms with Crippen LogP contribution >= 0.6 is 11.3 Å². The number of amides is 1. The SMILES string of the molecule is COc1cc(C)sc1C(=O)N[C@@H]1CCCNC1. The summed E-state index contributed by atoms with van der Waals surface area (Å²) < 4.78 is 5.21. The third-order valence-electron chi connectivity index (χ3n) is 2.88. The lowest BCUT2D eigenvalue weighted by molar-refractivity contribution is 0.0932. The molecule has 1 fully saturated rings. The maximum atomic E-state index is 12.1. The molecule has 2 N–H and O–H groups in total. The van der Waals surface area contributed by atoms with Crippen molar-refractivity contribution in [1.29, 1.82) is 0 Å². The summed E-state index contributed by atoms with van der Waals surface area (Å²) in [5, 5.41) is 6.34. The maximum absolute atomic E-state index is 12.1. The van der Waals surface area contributed by atoms with E-state index in [2.05, 4.69) is 10.6 Å². The van der Waals surface area contributed by atoms with Crippen LogP contribution in [0, 0.1) is 6.92 Å². The van der Waals surface area contributed by atoms with Crippen LogP contribution in [0.3, 0.4) is 0 Å². The van der Waals surface area contributed by atoms with Gasteiger partial charge in [0.25, 0.3) is 5.91 Å². The minimum Gasteiger partial charge on any atom is -0.495 e. The molecular weight excluding hydrogens is 236 g/mol. The third kappa shape index (κ3) is 2.98. The molecule has 1 saturated heterocycles. The summed E-state index contributed by atoms with van der Waals surface area (Å²) in [4.78, 5) is 13.9. The molecule has 1 aromatic heterocycles. The molecule has 1 aliphatic heterocycles. The molecule has 0 unspecified atom stereocenters. The maximum Gasteiger partial charge on any atom is 0.265 e. The van der Waals surface area contributed by atoms with Gasteiger partial charge in [-0.1, -0.05) is 0 Å².